The van der Waals surface area contributed by atoms with Crippen LogP contribution in [-0.2, 0) is 17.8 Å². The topological polar surface area (TPSA) is 121 Å². The number of thiol groups is 1. The third kappa shape index (κ3) is 3.13. The van der Waals surface area contributed by atoms with Crippen LogP contribution in [0.15, 0.2) is 34.9 Å². The lowest BCUT2D eigenvalue weighted by Crippen LogP contribution is -2.47. The summed E-state index contributed by atoms with van der Waals surface area (Å²) >= 11 is 1.18. The van der Waals surface area contributed by atoms with Crippen molar-refractivity contribution in [3.8, 4) is 11.1 Å². The molecule has 4 aromatic heterocycles. The lowest BCUT2D eigenvalue weighted by Gasteiger charge is -2.33. The number of hydrogen-bond acceptors (Lipinski definition) is 9. The molecule has 12 heteroatoms. The van der Waals surface area contributed by atoms with Crippen molar-refractivity contribution in [1.29, 1.82) is 5.41 Å². The Balaban J connectivity index is 1.63. The highest BCUT2D eigenvalue weighted by atomic mass is 32.2. The minimum atomic E-state index is -2.64. The zero-order chi connectivity index (χ0) is 21.0. The summed E-state index contributed by atoms with van der Waals surface area (Å²) in [7, 11) is -0.790. The molecule has 0 saturated carbocycles. The Hall–Kier alpha value is -3.25. The molecule has 1 fully saturated rings. The molecule has 30 heavy (non-hydrogen) atoms. The van der Waals surface area contributed by atoms with Crippen molar-refractivity contribution in [1.82, 2.24) is 24.4 Å². The smallest absolute Gasteiger partial charge is 0.178 e. The molecule has 0 amide bonds. The fourth-order valence-electron chi connectivity index (χ4n) is 3.38. The number of aromatic nitrogens is 5. The Morgan fingerprint density at radius 2 is 2.00 bits per heavy atom. The molecule has 154 valence electrons. The first-order chi connectivity index (χ1) is 14.4. The van der Waals surface area contributed by atoms with Gasteiger partial charge in [0, 0.05) is 36.1 Å². The van der Waals surface area contributed by atoms with E-state index in [1.165, 1.54) is 11.3 Å². The third-order valence-electron chi connectivity index (χ3n) is 4.87. The second-order valence-electron chi connectivity index (χ2n) is 7.14. The summed E-state index contributed by atoms with van der Waals surface area (Å²) in [4.78, 5) is 6.80. The van der Waals surface area contributed by atoms with Crippen molar-refractivity contribution < 1.29 is 8.42 Å². The van der Waals surface area contributed by atoms with Crippen molar-refractivity contribution in [3.63, 3.8) is 0 Å². The highest BCUT2D eigenvalue weighted by Gasteiger charge is 2.24. The third-order valence-corrected chi connectivity index (χ3v) is 7.23. The van der Waals surface area contributed by atoms with E-state index in [0.29, 0.717) is 45.0 Å². The molecule has 5 heterocycles. The molecule has 10 nitrogen and oxygen atoms in total. The van der Waals surface area contributed by atoms with Crippen LogP contribution in [0.25, 0.3) is 16.8 Å². The predicted octanol–water partition coefficient (Wildman–Crippen LogP) is 2.05. The van der Waals surface area contributed by atoms with Crippen LogP contribution in [0, 0.1) is 12.3 Å². The molecule has 2 N–H and O–H groups in total. The molecule has 1 aliphatic heterocycles. The van der Waals surface area contributed by atoms with E-state index in [1.54, 1.807) is 28.5 Å². The number of thiophene rings is 1. The van der Waals surface area contributed by atoms with Crippen molar-refractivity contribution >= 4 is 50.0 Å². The lowest BCUT2D eigenvalue weighted by atomic mass is 10.2. The monoisotopic (exact) mass is 442 g/mol. The zero-order valence-electron chi connectivity index (χ0n) is 16.2. The molecule has 5 rings (SSSR count). The first-order valence-electron chi connectivity index (χ1n) is 9.10. The Bertz CT molecular complexity index is 1360. The molecule has 1 saturated heterocycles. The van der Waals surface area contributed by atoms with Gasteiger partial charge in [-0.2, -0.15) is 14.7 Å². The number of hydrogen-bond donors (Lipinski definition) is 3. The van der Waals surface area contributed by atoms with E-state index in [9.17, 15) is 8.42 Å². The van der Waals surface area contributed by atoms with Gasteiger partial charge in [0.1, 0.15) is 15.8 Å². The molecule has 0 spiro atoms. The second kappa shape index (κ2) is 6.92. The van der Waals surface area contributed by atoms with Gasteiger partial charge in [0.05, 0.1) is 30.5 Å². The van der Waals surface area contributed by atoms with Crippen LogP contribution in [0.5, 0.6) is 0 Å². The van der Waals surface area contributed by atoms with Gasteiger partial charge in [0.2, 0.25) is 0 Å². The quantitative estimate of drug-likeness (QED) is 0.405. The number of aryl methyl sites for hydroxylation is 2. The predicted molar refractivity (Wildman–Crippen MR) is 116 cm³/mol. The number of nitrogens with zero attached hydrogens (tertiary/aromatic N) is 6. The van der Waals surface area contributed by atoms with E-state index in [-0.39, 0.29) is 0 Å². The molecule has 0 aliphatic carbocycles. The van der Waals surface area contributed by atoms with E-state index < -0.39 is 10.7 Å². The molecule has 0 unspecified atom stereocenters. The van der Waals surface area contributed by atoms with E-state index in [4.69, 9.17) is 10.4 Å². The molecule has 0 aromatic carbocycles. The fraction of sp³-hybridized carbons (Fsp3) is 0.222. The zero-order valence-corrected chi connectivity index (χ0v) is 17.9. The first-order valence-corrected chi connectivity index (χ1v) is 11.1. The lowest BCUT2D eigenvalue weighted by molar-refractivity contribution is 0.616. The van der Waals surface area contributed by atoms with Crippen LogP contribution in [0.2, 0.25) is 0 Å². The summed E-state index contributed by atoms with van der Waals surface area (Å²) in [5, 5.41) is 20.5. The first kappa shape index (κ1) is 18.8. The number of rotatable bonds is 5. The van der Waals surface area contributed by atoms with Gasteiger partial charge in [-0.15, -0.1) is 11.3 Å². The van der Waals surface area contributed by atoms with Crippen molar-refractivity contribution in [3.05, 3.63) is 36.3 Å². The highest BCUT2D eigenvalue weighted by molar-refractivity contribution is 7.75. The van der Waals surface area contributed by atoms with Gasteiger partial charge in [-0.05, 0) is 18.6 Å². The number of anilines is 3. The van der Waals surface area contributed by atoms with Gasteiger partial charge in [-0.1, -0.05) is 0 Å². The molecule has 1 aliphatic rings. The van der Waals surface area contributed by atoms with Crippen molar-refractivity contribution in [2.24, 2.45) is 7.05 Å². The Labute approximate surface area is 177 Å². The van der Waals surface area contributed by atoms with Crippen LogP contribution >= 0.6 is 11.3 Å². The average molecular weight is 443 g/mol. The minimum Gasteiger partial charge on any atom is -0.345 e. The standard InChI is InChI=1S/C18H18N8O2S2/c1-10-3-16(29-18(10)30(27)28)22-15-4-14(25-8-12(19)9-25)23-17-13(6-21-26(15)17)11-5-20-24(2)7-11/h3-7,19,22,30H,8-9H2,1-2H3. The van der Waals surface area contributed by atoms with E-state index in [2.05, 4.69) is 15.5 Å². The summed E-state index contributed by atoms with van der Waals surface area (Å²) in [5.41, 5.74) is 3.76. The Morgan fingerprint density at radius 1 is 1.20 bits per heavy atom. The van der Waals surface area contributed by atoms with E-state index in [1.807, 2.05) is 30.3 Å². The largest absolute Gasteiger partial charge is 0.345 e. The van der Waals surface area contributed by atoms with E-state index >= 15 is 0 Å². The van der Waals surface area contributed by atoms with Gasteiger partial charge in [-0.25, -0.2) is 13.4 Å². The van der Waals surface area contributed by atoms with Gasteiger partial charge < -0.3 is 15.6 Å². The van der Waals surface area contributed by atoms with Crippen LogP contribution in [0.4, 0.5) is 16.6 Å². The molecule has 0 bridgehead atoms. The molecule has 0 atom stereocenters. The summed E-state index contributed by atoms with van der Waals surface area (Å²) in [6.07, 6.45) is 5.40. The minimum absolute atomic E-state index is 0.339. The highest BCUT2D eigenvalue weighted by Crippen LogP contribution is 2.33. The SMILES string of the molecule is Cc1cc(Nc2cc(N3CC(=N)C3)nc3c(-c4cnn(C)c4)cnn23)sc1[SH](=O)=O. The van der Waals surface area contributed by atoms with Crippen LogP contribution in [0.1, 0.15) is 5.56 Å². The Morgan fingerprint density at radius 3 is 2.63 bits per heavy atom. The number of fused-ring (bicyclic) bond motifs is 1. The molecular formula is C18H18N8O2S2. The summed E-state index contributed by atoms with van der Waals surface area (Å²) < 4.78 is 26.6. The molecule has 4 aromatic rings. The summed E-state index contributed by atoms with van der Waals surface area (Å²) in [6, 6.07) is 3.67. The average Bonchev–Trinajstić information content (AvgIpc) is 3.37. The van der Waals surface area contributed by atoms with E-state index in [0.717, 1.165) is 16.9 Å². The maximum Gasteiger partial charge on any atom is 0.178 e. The second-order valence-corrected chi connectivity index (χ2v) is 9.45. The van der Waals surface area contributed by atoms with Crippen LogP contribution in [0.3, 0.4) is 0 Å². The Kier molecular flexibility index (Phi) is 4.33. The normalized spacial score (nSPS) is 14.0. The van der Waals surface area contributed by atoms with Crippen LogP contribution in [-0.4, -0.2) is 51.6 Å². The van der Waals surface area contributed by atoms with Crippen molar-refractivity contribution in [2.75, 3.05) is 23.3 Å². The maximum absolute atomic E-state index is 11.4. The van der Waals surface area contributed by atoms with Gasteiger partial charge in [-0.3, -0.25) is 4.68 Å². The fourth-order valence-corrected chi connectivity index (χ4v) is 5.15. The maximum atomic E-state index is 11.4. The molecule has 0 radical (unpaired) electrons. The summed E-state index contributed by atoms with van der Waals surface area (Å²) in [5.74, 6) is 1.40. The number of nitrogens with one attached hydrogen (secondary N) is 2. The van der Waals surface area contributed by atoms with Gasteiger partial charge in [0.15, 0.2) is 16.4 Å². The van der Waals surface area contributed by atoms with Gasteiger partial charge >= 0.3 is 0 Å². The van der Waals surface area contributed by atoms with Crippen LogP contribution < -0.4 is 10.2 Å². The van der Waals surface area contributed by atoms with Gasteiger partial charge in [0.25, 0.3) is 0 Å². The van der Waals surface area contributed by atoms with Crippen molar-refractivity contribution in [2.45, 2.75) is 11.1 Å². The summed E-state index contributed by atoms with van der Waals surface area (Å²) in [6.45, 7) is 2.85. The molecular weight excluding hydrogens is 424 g/mol.